The van der Waals surface area contributed by atoms with Crippen LogP contribution in [-0.2, 0) is 13.1 Å². The molecule has 0 unspecified atom stereocenters. The van der Waals surface area contributed by atoms with Crippen molar-refractivity contribution in [2.75, 3.05) is 6.54 Å². The van der Waals surface area contributed by atoms with Gasteiger partial charge in [0.25, 0.3) is 5.91 Å². The van der Waals surface area contributed by atoms with Gasteiger partial charge in [-0.3, -0.25) is 9.59 Å². The Morgan fingerprint density at radius 2 is 1.92 bits per heavy atom. The van der Waals surface area contributed by atoms with E-state index >= 15 is 0 Å². The average Bonchev–Trinajstić information content (AvgIpc) is 3.17. The number of pyridine rings is 1. The Morgan fingerprint density at radius 1 is 1.17 bits per heavy atom. The number of nitrogens with one attached hydrogen (secondary N) is 2. The predicted molar refractivity (Wildman–Crippen MR) is 132 cm³/mol. The third kappa shape index (κ3) is 5.01. The molecule has 1 aliphatic rings. The third-order valence-electron chi connectivity index (χ3n) is 6.39. The molecule has 9 heteroatoms. The molecule has 2 aromatic carbocycles. The molecule has 0 bridgehead atoms. The number of aliphatic hydroxyl groups excluding tert-OH is 1. The van der Waals surface area contributed by atoms with E-state index in [0.717, 1.165) is 17.9 Å². The van der Waals surface area contributed by atoms with Crippen LogP contribution >= 0.6 is 0 Å². The van der Waals surface area contributed by atoms with Gasteiger partial charge in [-0.2, -0.15) is 0 Å². The van der Waals surface area contributed by atoms with E-state index in [1.54, 1.807) is 4.57 Å². The Bertz CT molecular complexity index is 1360. The topological polar surface area (TPSA) is 104 Å². The second-order valence-electron chi connectivity index (χ2n) is 8.83. The summed E-state index contributed by atoms with van der Waals surface area (Å²) in [4.78, 5) is 26.4. The molecule has 36 heavy (non-hydrogen) atoms. The van der Waals surface area contributed by atoms with E-state index < -0.39 is 28.7 Å². The number of carbonyl (C=O) groups excluding carboxylic acids is 1. The molecule has 1 aliphatic heterocycles. The Labute approximate surface area is 206 Å². The highest BCUT2D eigenvalue weighted by Crippen LogP contribution is 2.40. The van der Waals surface area contributed by atoms with Crippen molar-refractivity contribution < 1.29 is 23.8 Å². The number of aromatic nitrogens is 1. The van der Waals surface area contributed by atoms with Crippen LogP contribution in [0.3, 0.4) is 0 Å². The zero-order valence-electron chi connectivity index (χ0n) is 19.7. The minimum Gasteiger partial charge on any atom is -0.516 e. The summed E-state index contributed by atoms with van der Waals surface area (Å²) in [7, 11) is 0. The van der Waals surface area contributed by atoms with Gasteiger partial charge >= 0.3 is 0 Å². The lowest BCUT2D eigenvalue weighted by molar-refractivity contribution is 0.0947. The highest BCUT2D eigenvalue weighted by molar-refractivity contribution is 5.96. The molecular weight excluding hydrogens is 468 g/mol. The zero-order chi connectivity index (χ0) is 25.8. The quantitative estimate of drug-likeness (QED) is 0.352. The fourth-order valence-electron chi connectivity index (χ4n) is 4.76. The van der Waals surface area contributed by atoms with Crippen molar-refractivity contribution in [2.24, 2.45) is 0 Å². The SMILES string of the molecule is C[C@H]1C[C@H](CNCc2ccccc2)c2c(C(=O)NCc3ccc(F)cc3F)c(=O)c(O)c(/C=C/O)n21. The molecular formula is C27H27F2N3O4. The summed E-state index contributed by atoms with van der Waals surface area (Å²) in [6.45, 7) is 2.67. The summed E-state index contributed by atoms with van der Waals surface area (Å²) in [5.41, 5.74) is 0.553. The first-order chi connectivity index (χ1) is 17.3. The summed E-state index contributed by atoms with van der Waals surface area (Å²) >= 11 is 0. The molecule has 0 spiro atoms. The van der Waals surface area contributed by atoms with Gasteiger partial charge in [-0.1, -0.05) is 36.4 Å². The molecule has 4 rings (SSSR count). The van der Waals surface area contributed by atoms with E-state index in [4.69, 9.17) is 0 Å². The van der Waals surface area contributed by atoms with Gasteiger partial charge in [-0.25, -0.2) is 8.78 Å². The van der Waals surface area contributed by atoms with Gasteiger partial charge in [0.15, 0.2) is 5.75 Å². The van der Waals surface area contributed by atoms with Crippen molar-refractivity contribution in [1.29, 1.82) is 0 Å². The molecule has 2 atom stereocenters. The predicted octanol–water partition coefficient (Wildman–Crippen LogP) is 4.13. The number of benzene rings is 2. The number of amides is 1. The molecule has 1 amide bonds. The van der Waals surface area contributed by atoms with Gasteiger partial charge in [0, 0.05) is 48.9 Å². The highest BCUT2D eigenvalue weighted by Gasteiger charge is 2.36. The number of aromatic hydroxyl groups is 1. The second kappa shape index (κ2) is 10.7. The maximum atomic E-state index is 14.1. The molecule has 0 radical (unpaired) electrons. The smallest absolute Gasteiger partial charge is 0.257 e. The number of halogens is 2. The van der Waals surface area contributed by atoms with Gasteiger partial charge in [0.2, 0.25) is 5.43 Å². The summed E-state index contributed by atoms with van der Waals surface area (Å²) < 4.78 is 29.0. The van der Waals surface area contributed by atoms with Crippen LogP contribution in [0, 0.1) is 11.6 Å². The number of carbonyl (C=O) groups is 1. The Kier molecular flexibility index (Phi) is 7.49. The van der Waals surface area contributed by atoms with Crippen LogP contribution in [0.15, 0.2) is 59.6 Å². The van der Waals surface area contributed by atoms with E-state index in [2.05, 4.69) is 10.6 Å². The lowest BCUT2D eigenvalue weighted by atomic mass is 9.97. The minimum atomic E-state index is -0.881. The Hall–Kier alpha value is -3.98. The van der Waals surface area contributed by atoms with E-state index in [0.29, 0.717) is 31.3 Å². The Balaban J connectivity index is 1.67. The van der Waals surface area contributed by atoms with Crippen molar-refractivity contribution in [1.82, 2.24) is 15.2 Å². The van der Waals surface area contributed by atoms with Crippen LogP contribution in [0.4, 0.5) is 8.78 Å². The molecule has 0 aliphatic carbocycles. The Morgan fingerprint density at radius 3 is 2.61 bits per heavy atom. The maximum absolute atomic E-state index is 14.1. The lowest BCUT2D eigenvalue weighted by Crippen LogP contribution is -2.33. The number of fused-ring (bicyclic) bond motifs is 1. The van der Waals surface area contributed by atoms with Crippen LogP contribution < -0.4 is 16.1 Å². The fourth-order valence-corrected chi connectivity index (χ4v) is 4.76. The first kappa shape index (κ1) is 25.1. The normalized spacial score (nSPS) is 16.9. The summed E-state index contributed by atoms with van der Waals surface area (Å²) in [6.07, 6.45) is 2.53. The van der Waals surface area contributed by atoms with E-state index in [9.17, 15) is 28.6 Å². The summed E-state index contributed by atoms with van der Waals surface area (Å²) in [5, 5.41) is 25.9. The fraction of sp³-hybridized carbons (Fsp3) is 0.259. The van der Waals surface area contributed by atoms with Crippen molar-refractivity contribution in [3.63, 3.8) is 0 Å². The number of hydrogen-bond acceptors (Lipinski definition) is 5. The molecule has 0 saturated carbocycles. The largest absolute Gasteiger partial charge is 0.516 e. The molecule has 3 aromatic rings. The first-order valence-corrected chi connectivity index (χ1v) is 11.6. The number of nitrogens with zero attached hydrogens (tertiary/aromatic N) is 1. The first-order valence-electron chi connectivity index (χ1n) is 11.6. The molecule has 7 nitrogen and oxygen atoms in total. The van der Waals surface area contributed by atoms with Gasteiger partial charge in [0.05, 0.1) is 12.0 Å². The van der Waals surface area contributed by atoms with Crippen molar-refractivity contribution in [3.8, 4) is 5.75 Å². The van der Waals surface area contributed by atoms with Crippen molar-refractivity contribution in [3.05, 3.63) is 105 Å². The van der Waals surface area contributed by atoms with Gasteiger partial charge in [-0.05, 0) is 31.1 Å². The molecule has 0 fully saturated rings. The maximum Gasteiger partial charge on any atom is 0.257 e. The lowest BCUT2D eigenvalue weighted by Gasteiger charge is -2.20. The zero-order valence-corrected chi connectivity index (χ0v) is 19.7. The second-order valence-corrected chi connectivity index (χ2v) is 8.83. The highest BCUT2D eigenvalue weighted by atomic mass is 19.1. The van der Waals surface area contributed by atoms with Gasteiger partial charge in [-0.15, -0.1) is 0 Å². The van der Waals surface area contributed by atoms with E-state index in [1.807, 2.05) is 37.3 Å². The van der Waals surface area contributed by atoms with Crippen molar-refractivity contribution >= 4 is 12.0 Å². The minimum absolute atomic E-state index is 0.0556. The standard InChI is InChI=1S/C27H27F2N3O4/c1-16-11-19(14-30-13-17-5-3-2-4-6-17)24-23(26(35)25(34)22(9-10-33)32(16)24)27(36)31-15-18-7-8-20(28)12-21(18)29/h2-10,12,16,19,30,33-34H,11,13-15H2,1H3,(H,31,36)/b10-9+/t16-,19+/m0/s1. The molecule has 1 aromatic heterocycles. The number of rotatable bonds is 8. The van der Waals surface area contributed by atoms with E-state index in [-0.39, 0.29) is 35.3 Å². The average molecular weight is 496 g/mol. The van der Waals surface area contributed by atoms with Crippen molar-refractivity contribution in [2.45, 2.75) is 38.4 Å². The molecule has 2 heterocycles. The monoisotopic (exact) mass is 495 g/mol. The van der Waals surface area contributed by atoms with Gasteiger partial charge < -0.3 is 25.4 Å². The summed E-state index contributed by atoms with van der Waals surface area (Å²) in [6, 6.07) is 12.6. The van der Waals surface area contributed by atoms with Crippen LogP contribution in [0.1, 0.15) is 58.2 Å². The number of aliphatic hydroxyl groups is 1. The van der Waals surface area contributed by atoms with Crippen LogP contribution in [0.25, 0.3) is 6.08 Å². The molecule has 0 saturated heterocycles. The molecule has 4 N–H and O–H groups in total. The van der Waals surface area contributed by atoms with Crippen LogP contribution in [0.5, 0.6) is 5.75 Å². The van der Waals surface area contributed by atoms with E-state index in [1.165, 1.54) is 12.1 Å². The van der Waals surface area contributed by atoms with Crippen LogP contribution in [-0.4, -0.2) is 27.2 Å². The molecule has 188 valence electrons. The third-order valence-corrected chi connectivity index (χ3v) is 6.39. The van der Waals surface area contributed by atoms with Gasteiger partial charge in [0.1, 0.15) is 17.2 Å². The van der Waals surface area contributed by atoms with Crippen LogP contribution in [0.2, 0.25) is 0 Å². The summed E-state index contributed by atoms with van der Waals surface area (Å²) in [5.74, 6) is -3.24. The number of hydrogen-bond donors (Lipinski definition) is 4.